The number of fused-ring (bicyclic) bond motifs is 1. The smallest absolute Gasteiger partial charge is 0.310 e. The molecule has 3 aliphatic rings. The monoisotopic (exact) mass is 424 g/mol. The lowest BCUT2D eigenvalue weighted by molar-refractivity contribution is -0.154. The third-order valence-electron chi connectivity index (χ3n) is 6.61. The van der Waals surface area contributed by atoms with Crippen LogP contribution in [0.15, 0.2) is 12.7 Å². The lowest BCUT2D eigenvalue weighted by atomic mass is 9.66. The Hall–Kier alpha value is -1.54. The number of carbonyl (C=O) groups excluding carboxylic acids is 3. The third-order valence-corrected chi connectivity index (χ3v) is 8.69. The number of rotatable bonds is 8. The fourth-order valence-electron chi connectivity index (χ4n) is 5.51. The van der Waals surface area contributed by atoms with Crippen LogP contribution in [0.25, 0.3) is 0 Å². The van der Waals surface area contributed by atoms with E-state index in [1.807, 2.05) is 13.8 Å². The van der Waals surface area contributed by atoms with E-state index in [1.54, 1.807) is 29.7 Å². The molecule has 2 bridgehead atoms. The Kier molecular flexibility index (Phi) is 6.34. The Labute approximate surface area is 176 Å². The highest BCUT2D eigenvalue weighted by atomic mass is 32.2. The second-order valence-corrected chi connectivity index (χ2v) is 9.98. The van der Waals surface area contributed by atoms with Crippen LogP contribution in [0.1, 0.15) is 34.1 Å². The largest absolute Gasteiger partial charge is 0.466 e. The molecule has 3 rings (SSSR count). The molecule has 0 aliphatic carbocycles. The Bertz CT molecular complexity index is 699. The standard InChI is InChI=1S/C21H32N2O5S/c1-6-8-22(12(3)4)19(26)17-21-13(5)11-14(29-21)15(20(27)28-7-2)16(21)18(25)23(17)9-10-24/h6,12-17,24H,1,7-11H2,2-5H3/t13?,14-,15+,16+,17?,21?/m1/s1. The molecule has 3 saturated heterocycles. The quantitative estimate of drug-likeness (QED) is 0.467. The number of carbonyl (C=O) groups is 3. The van der Waals surface area contributed by atoms with Gasteiger partial charge >= 0.3 is 5.97 Å². The van der Waals surface area contributed by atoms with Crippen LogP contribution in [0.5, 0.6) is 0 Å². The van der Waals surface area contributed by atoms with Crippen molar-refractivity contribution in [1.82, 2.24) is 9.80 Å². The number of esters is 1. The summed E-state index contributed by atoms with van der Waals surface area (Å²) >= 11 is 1.62. The molecule has 0 aromatic heterocycles. The van der Waals surface area contributed by atoms with E-state index < -0.39 is 22.6 Å². The fraction of sp³-hybridized carbons (Fsp3) is 0.762. The van der Waals surface area contributed by atoms with Crippen molar-refractivity contribution in [2.24, 2.45) is 17.8 Å². The molecule has 3 aliphatic heterocycles. The lowest BCUT2D eigenvalue weighted by Gasteiger charge is -2.41. The number of ether oxygens (including phenoxy) is 1. The number of thioether (sulfide) groups is 1. The van der Waals surface area contributed by atoms with Crippen molar-refractivity contribution in [2.75, 3.05) is 26.3 Å². The van der Waals surface area contributed by atoms with Gasteiger partial charge in [0.15, 0.2) is 0 Å². The van der Waals surface area contributed by atoms with E-state index >= 15 is 0 Å². The predicted octanol–water partition coefficient (Wildman–Crippen LogP) is 1.30. The molecular weight excluding hydrogens is 392 g/mol. The predicted molar refractivity (Wildman–Crippen MR) is 111 cm³/mol. The van der Waals surface area contributed by atoms with E-state index in [1.165, 1.54) is 4.90 Å². The van der Waals surface area contributed by atoms with Crippen molar-refractivity contribution in [3.05, 3.63) is 12.7 Å². The molecule has 6 atom stereocenters. The minimum Gasteiger partial charge on any atom is -0.466 e. The first-order chi connectivity index (χ1) is 13.8. The van der Waals surface area contributed by atoms with E-state index in [2.05, 4.69) is 13.5 Å². The van der Waals surface area contributed by atoms with Gasteiger partial charge in [-0.1, -0.05) is 13.0 Å². The molecular formula is C21H32N2O5S. The summed E-state index contributed by atoms with van der Waals surface area (Å²) in [6.45, 7) is 12.0. The van der Waals surface area contributed by atoms with Crippen LogP contribution < -0.4 is 0 Å². The van der Waals surface area contributed by atoms with Crippen molar-refractivity contribution in [1.29, 1.82) is 0 Å². The Morgan fingerprint density at radius 1 is 1.48 bits per heavy atom. The summed E-state index contributed by atoms with van der Waals surface area (Å²) in [5.41, 5.74) is 0. The number of aliphatic hydroxyl groups excluding tert-OH is 1. The average molecular weight is 425 g/mol. The minimum atomic E-state index is -0.695. The molecule has 1 spiro atoms. The van der Waals surface area contributed by atoms with Crippen molar-refractivity contribution < 1.29 is 24.2 Å². The zero-order valence-corrected chi connectivity index (χ0v) is 18.5. The SMILES string of the molecule is C=CCN(C(=O)C1N(CCO)C(=O)[C@@H]2[C@@H](C(=O)OCC)[C@H]3CC(C)C12S3)C(C)C. The number of aliphatic hydroxyl groups is 1. The van der Waals surface area contributed by atoms with Crippen molar-refractivity contribution in [3.63, 3.8) is 0 Å². The summed E-state index contributed by atoms with van der Waals surface area (Å²) in [6.07, 6.45) is 2.46. The number of amides is 2. The molecule has 2 amide bonds. The van der Waals surface area contributed by atoms with Gasteiger partial charge in [0.1, 0.15) is 6.04 Å². The van der Waals surface area contributed by atoms with Crippen molar-refractivity contribution in [3.8, 4) is 0 Å². The molecule has 3 fully saturated rings. The second kappa shape index (κ2) is 8.30. The third kappa shape index (κ3) is 3.19. The van der Waals surface area contributed by atoms with E-state index in [0.717, 1.165) is 6.42 Å². The molecule has 0 aromatic rings. The van der Waals surface area contributed by atoms with Crippen LogP contribution in [0.3, 0.4) is 0 Å². The van der Waals surface area contributed by atoms with Gasteiger partial charge in [-0.3, -0.25) is 14.4 Å². The van der Waals surface area contributed by atoms with Crippen LogP contribution in [0.2, 0.25) is 0 Å². The number of β-amino-alcohol motifs (C(OH)–C–C–N with tert-alkyl or cyclic N) is 1. The van der Waals surface area contributed by atoms with Gasteiger partial charge in [0.25, 0.3) is 0 Å². The minimum absolute atomic E-state index is 0.0171. The van der Waals surface area contributed by atoms with Crippen molar-refractivity contribution >= 4 is 29.5 Å². The highest BCUT2D eigenvalue weighted by Crippen LogP contribution is 2.68. The first-order valence-electron chi connectivity index (χ1n) is 10.4. The van der Waals surface area contributed by atoms with Crippen LogP contribution in [-0.2, 0) is 19.1 Å². The zero-order chi connectivity index (χ0) is 21.5. The Balaban J connectivity index is 2.07. The van der Waals surface area contributed by atoms with E-state index in [0.29, 0.717) is 6.54 Å². The van der Waals surface area contributed by atoms with Crippen LogP contribution in [-0.4, -0.2) is 81.1 Å². The Morgan fingerprint density at radius 2 is 2.17 bits per heavy atom. The Morgan fingerprint density at radius 3 is 2.72 bits per heavy atom. The van der Waals surface area contributed by atoms with Gasteiger partial charge in [0, 0.05) is 24.4 Å². The van der Waals surface area contributed by atoms with Gasteiger partial charge in [-0.05, 0) is 33.1 Å². The lowest BCUT2D eigenvalue weighted by Crippen LogP contribution is -2.58. The molecule has 3 heterocycles. The number of hydrogen-bond donors (Lipinski definition) is 1. The fourth-order valence-corrected chi connectivity index (χ4v) is 7.91. The van der Waals surface area contributed by atoms with E-state index in [4.69, 9.17) is 4.74 Å². The maximum atomic E-state index is 13.8. The first-order valence-corrected chi connectivity index (χ1v) is 11.3. The topological polar surface area (TPSA) is 87.2 Å². The maximum absolute atomic E-state index is 13.8. The van der Waals surface area contributed by atoms with Gasteiger partial charge in [-0.15, -0.1) is 18.3 Å². The molecule has 29 heavy (non-hydrogen) atoms. The maximum Gasteiger partial charge on any atom is 0.310 e. The van der Waals surface area contributed by atoms with Gasteiger partial charge in [0.05, 0.1) is 29.8 Å². The van der Waals surface area contributed by atoms with Crippen molar-refractivity contribution in [2.45, 2.75) is 56.2 Å². The number of likely N-dealkylation sites (tertiary alicyclic amines) is 1. The summed E-state index contributed by atoms with van der Waals surface area (Å²) in [4.78, 5) is 43.2. The second-order valence-electron chi connectivity index (χ2n) is 8.43. The van der Waals surface area contributed by atoms with E-state index in [9.17, 15) is 19.5 Å². The summed E-state index contributed by atoms with van der Waals surface area (Å²) in [6, 6.07) is -0.749. The van der Waals surface area contributed by atoms with Gasteiger partial charge in [-0.2, -0.15) is 0 Å². The molecule has 1 N–H and O–H groups in total. The molecule has 0 radical (unpaired) electrons. The molecule has 3 unspecified atom stereocenters. The van der Waals surface area contributed by atoms with Crippen LogP contribution in [0.4, 0.5) is 0 Å². The van der Waals surface area contributed by atoms with E-state index in [-0.39, 0.29) is 54.8 Å². The zero-order valence-electron chi connectivity index (χ0n) is 17.7. The molecule has 0 aromatic carbocycles. The molecule has 162 valence electrons. The van der Waals surface area contributed by atoms with Crippen LogP contribution in [0, 0.1) is 17.8 Å². The number of hydrogen-bond acceptors (Lipinski definition) is 6. The molecule has 8 heteroatoms. The average Bonchev–Trinajstić information content (AvgIpc) is 3.24. The summed E-state index contributed by atoms with van der Waals surface area (Å²) in [5.74, 6) is -1.70. The molecule has 7 nitrogen and oxygen atoms in total. The molecule has 0 saturated carbocycles. The van der Waals surface area contributed by atoms with Gasteiger partial charge < -0.3 is 19.6 Å². The highest BCUT2D eigenvalue weighted by molar-refractivity contribution is 8.02. The number of nitrogens with zero attached hydrogens (tertiary/aromatic N) is 2. The van der Waals surface area contributed by atoms with Crippen LogP contribution >= 0.6 is 11.8 Å². The summed E-state index contributed by atoms with van der Waals surface area (Å²) in [5, 5.41) is 9.60. The van der Waals surface area contributed by atoms with Gasteiger partial charge in [-0.25, -0.2) is 0 Å². The van der Waals surface area contributed by atoms with Gasteiger partial charge in [0.2, 0.25) is 11.8 Å². The highest BCUT2D eigenvalue weighted by Gasteiger charge is 2.76. The first kappa shape index (κ1) is 22.2. The summed E-state index contributed by atoms with van der Waals surface area (Å²) < 4.78 is 4.63. The normalized spacial score (nSPS) is 35.2. The summed E-state index contributed by atoms with van der Waals surface area (Å²) in [7, 11) is 0.